The zero-order valence-corrected chi connectivity index (χ0v) is 14.4. The lowest BCUT2D eigenvalue weighted by atomic mass is 9.99. The number of anilines is 1. The lowest BCUT2D eigenvalue weighted by Crippen LogP contribution is -2.15. The van der Waals surface area contributed by atoms with Crippen LogP contribution in [0, 0.1) is 13.8 Å². The second-order valence-corrected chi connectivity index (χ2v) is 5.93. The Kier molecular flexibility index (Phi) is 4.75. The quantitative estimate of drug-likeness (QED) is 0.709. The van der Waals surface area contributed by atoms with Crippen molar-refractivity contribution in [1.82, 2.24) is 4.98 Å². The van der Waals surface area contributed by atoms with E-state index in [1.165, 1.54) is 0 Å². The van der Waals surface area contributed by atoms with Crippen LogP contribution in [-0.4, -0.2) is 10.9 Å². The number of aryl methyl sites for hydroxylation is 1. The summed E-state index contributed by atoms with van der Waals surface area (Å²) in [6.07, 6.45) is 3.42. The van der Waals surface area contributed by atoms with Crippen LogP contribution in [0.15, 0.2) is 67.4 Å². The molecule has 3 rings (SSSR count). The maximum Gasteiger partial charge on any atom is 0.274 e. The Morgan fingerprint density at radius 3 is 2.56 bits per heavy atom. The van der Waals surface area contributed by atoms with E-state index in [2.05, 4.69) is 35.1 Å². The van der Waals surface area contributed by atoms with Crippen LogP contribution in [0.25, 0.3) is 17.2 Å². The van der Waals surface area contributed by atoms with Gasteiger partial charge in [-0.25, -0.2) is 0 Å². The largest absolute Gasteiger partial charge is 0.320 e. The first-order valence-corrected chi connectivity index (χ1v) is 8.15. The zero-order chi connectivity index (χ0) is 17.8. The van der Waals surface area contributed by atoms with Crippen molar-refractivity contribution in [3.05, 3.63) is 89.8 Å². The summed E-state index contributed by atoms with van der Waals surface area (Å²) in [6, 6.07) is 17.8. The molecule has 0 spiro atoms. The molecule has 1 heterocycles. The maximum absolute atomic E-state index is 12.6. The highest BCUT2D eigenvalue weighted by Crippen LogP contribution is 2.28. The van der Waals surface area contributed by atoms with Gasteiger partial charge in [0.25, 0.3) is 5.91 Å². The number of hydrogen-bond acceptors (Lipinski definition) is 2. The molecule has 3 aromatic rings. The van der Waals surface area contributed by atoms with Crippen LogP contribution in [0.4, 0.5) is 5.69 Å². The number of aromatic nitrogens is 1. The van der Waals surface area contributed by atoms with Gasteiger partial charge in [-0.2, -0.15) is 0 Å². The molecule has 0 unspecified atom stereocenters. The standard InChI is InChI=1S/C22H20N2O/c1-4-17-13-21(23-14-15(17)2)22(25)24-20-12-8-11-19(16(20)3)18-9-6-5-7-10-18/h4-14H,1H2,2-3H3,(H,24,25). The van der Waals surface area contributed by atoms with Crippen molar-refractivity contribution in [2.24, 2.45) is 0 Å². The van der Waals surface area contributed by atoms with E-state index in [1.807, 2.05) is 44.2 Å². The van der Waals surface area contributed by atoms with Crippen molar-refractivity contribution in [1.29, 1.82) is 0 Å². The number of nitrogens with one attached hydrogen (secondary N) is 1. The highest BCUT2D eigenvalue weighted by molar-refractivity contribution is 6.04. The predicted molar refractivity (Wildman–Crippen MR) is 104 cm³/mol. The number of pyridine rings is 1. The Hall–Kier alpha value is -3.20. The minimum Gasteiger partial charge on any atom is -0.320 e. The Morgan fingerprint density at radius 1 is 1.08 bits per heavy atom. The SMILES string of the molecule is C=Cc1cc(C(=O)Nc2cccc(-c3ccccc3)c2C)ncc1C. The van der Waals surface area contributed by atoms with Crippen LogP contribution in [0.2, 0.25) is 0 Å². The number of hydrogen-bond donors (Lipinski definition) is 1. The molecule has 124 valence electrons. The summed E-state index contributed by atoms with van der Waals surface area (Å²) in [6.45, 7) is 7.73. The molecule has 3 nitrogen and oxygen atoms in total. The topological polar surface area (TPSA) is 42.0 Å². The minimum atomic E-state index is -0.226. The van der Waals surface area contributed by atoms with E-state index < -0.39 is 0 Å². The summed E-state index contributed by atoms with van der Waals surface area (Å²) < 4.78 is 0. The van der Waals surface area contributed by atoms with Gasteiger partial charge >= 0.3 is 0 Å². The number of carbonyl (C=O) groups is 1. The average molecular weight is 328 g/mol. The van der Waals surface area contributed by atoms with Gasteiger partial charge in [0.1, 0.15) is 5.69 Å². The fourth-order valence-corrected chi connectivity index (χ4v) is 2.77. The van der Waals surface area contributed by atoms with Crippen molar-refractivity contribution in [3.8, 4) is 11.1 Å². The number of nitrogens with zero attached hydrogens (tertiary/aromatic N) is 1. The van der Waals surface area contributed by atoms with E-state index in [1.54, 1.807) is 18.3 Å². The van der Waals surface area contributed by atoms with E-state index in [9.17, 15) is 4.79 Å². The average Bonchev–Trinajstić information content (AvgIpc) is 2.64. The van der Waals surface area contributed by atoms with E-state index >= 15 is 0 Å². The van der Waals surface area contributed by atoms with E-state index in [0.29, 0.717) is 5.69 Å². The van der Waals surface area contributed by atoms with E-state index in [4.69, 9.17) is 0 Å². The molecule has 1 aromatic heterocycles. The molecule has 0 radical (unpaired) electrons. The second kappa shape index (κ2) is 7.14. The van der Waals surface area contributed by atoms with Gasteiger partial charge in [-0.1, -0.05) is 55.1 Å². The Morgan fingerprint density at radius 2 is 1.84 bits per heavy atom. The molecule has 0 atom stereocenters. The van der Waals surface area contributed by atoms with Crippen LogP contribution < -0.4 is 5.32 Å². The molecule has 1 amide bonds. The highest BCUT2D eigenvalue weighted by Gasteiger charge is 2.12. The molecule has 0 aliphatic heterocycles. The van der Waals surface area contributed by atoms with E-state index in [0.717, 1.165) is 33.5 Å². The number of amides is 1. The smallest absolute Gasteiger partial charge is 0.274 e. The molecule has 25 heavy (non-hydrogen) atoms. The monoisotopic (exact) mass is 328 g/mol. The van der Waals surface area contributed by atoms with Crippen LogP contribution in [0.3, 0.4) is 0 Å². The fraction of sp³-hybridized carbons (Fsp3) is 0.0909. The van der Waals surface area contributed by atoms with Crippen molar-refractivity contribution >= 4 is 17.7 Å². The molecule has 0 bridgehead atoms. The third-order valence-electron chi connectivity index (χ3n) is 4.26. The third kappa shape index (κ3) is 3.50. The summed E-state index contributed by atoms with van der Waals surface area (Å²) in [5.41, 5.74) is 6.32. The van der Waals surface area contributed by atoms with Gasteiger partial charge in [0.15, 0.2) is 0 Å². The molecule has 0 saturated heterocycles. The van der Waals surface area contributed by atoms with Gasteiger partial charge in [-0.15, -0.1) is 0 Å². The van der Waals surface area contributed by atoms with Crippen LogP contribution in [-0.2, 0) is 0 Å². The molecule has 0 aliphatic carbocycles. The summed E-state index contributed by atoms with van der Waals surface area (Å²) in [5, 5.41) is 2.97. The normalized spacial score (nSPS) is 10.3. The first-order valence-electron chi connectivity index (χ1n) is 8.15. The van der Waals surface area contributed by atoms with Gasteiger partial charge in [0.2, 0.25) is 0 Å². The predicted octanol–water partition coefficient (Wildman–Crippen LogP) is 5.26. The van der Waals surface area contributed by atoms with E-state index in [-0.39, 0.29) is 5.91 Å². The Labute approximate surface area is 148 Å². The molecule has 0 saturated carbocycles. The van der Waals surface area contributed by atoms with Gasteiger partial charge < -0.3 is 5.32 Å². The lowest BCUT2D eigenvalue weighted by Gasteiger charge is -2.13. The fourth-order valence-electron chi connectivity index (χ4n) is 2.77. The Bertz CT molecular complexity index is 930. The van der Waals surface area contributed by atoms with Crippen molar-refractivity contribution in [2.75, 3.05) is 5.32 Å². The highest BCUT2D eigenvalue weighted by atomic mass is 16.1. The van der Waals surface area contributed by atoms with Gasteiger partial charge in [-0.3, -0.25) is 9.78 Å². The summed E-state index contributed by atoms with van der Waals surface area (Å²) in [7, 11) is 0. The van der Waals surface area contributed by atoms with Gasteiger partial charge in [0, 0.05) is 11.9 Å². The summed E-state index contributed by atoms with van der Waals surface area (Å²) >= 11 is 0. The molecule has 3 heteroatoms. The Balaban J connectivity index is 1.91. The summed E-state index contributed by atoms with van der Waals surface area (Å²) in [4.78, 5) is 16.8. The number of benzene rings is 2. The molecular weight excluding hydrogens is 308 g/mol. The number of carbonyl (C=O) groups excluding carboxylic acids is 1. The van der Waals surface area contributed by atoms with Crippen molar-refractivity contribution in [3.63, 3.8) is 0 Å². The van der Waals surface area contributed by atoms with Crippen LogP contribution >= 0.6 is 0 Å². The lowest BCUT2D eigenvalue weighted by molar-refractivity contribution is 0.102. The first-order chi connectivity index (χ1) is 12.1. The van der Waals surface area contributed by atoms with Gasteiger partial charge in [0.05, 0.1) is 0 Å². The molecular formula is C22H20N2O. The third-order valence-corrected chi connectivity index (χ3v) is 4.26. The van der Waals surface area contributed by atoms with Gasteiger partial charge in [-0.05, 0) is 53.8 Å². The summed E-state index contributed by atoms with van der Waals surface area (Å²) in [5.74, 6) is -0.226. The van der Waals surface area contributed by atoms with Crippen LogP contribution in [0.5, 0.6) is 0 Å². The maximum atomic E-state index is 12.6. The van der Waals surface area contributed by atoms with Crippen molar-refractivity contribution < 1.29 is 4.79 Å². The van der Waals surface area contributed by atoms with Crippen molar-refractivity contribution in [2.45, 2.75) is 13.8 Å². The molecule has 1 N–H and O–H groups in total. The second-order valence-electron chi connectivity index (χ2n) is 5.93. The zero-order valence-electron chi connectivity index (χ0n) is 14.4. The molecule has 2 aromatic carbocycles. The molecule has 0 fully saturated rings. The molecule has 0 aliphatic rings. The first kappa shape index (κ1) is 16.7. The number of rotatable bonds is 4. The van der Waals surface area contributed by atoms with Crippen LogP contribution in [0.1, 0.15) is 27.2 Å². The minimum absolute atomic E-state index is 0.226.